The summed E-state index contributed by atoms with van der Waals surface area (Å²) in [7, 11) is 0. The first-order valence-electron chi connectivity index (χ1n) is 18.3. The van der Waals surface area contributed by atoms with Gasteiger partial charge in [0.05, 0.1) is 19.8 Å². The van der Waals surface area contributed by atoms with E-state index < -0.39 is 129 Å². The number of ether oxygens (including phenoxy) is 4. The van der Waals surface area contributed by atoms with Crippen LogP contribution in [0.25, 0.3) is 0 Å². The van der Waals surface area contributed by atoms with Gasteiger partial charge in [0, 0.05) is 33.9 Å². The molecule has 15 atom stereocenters. The molecular formula is C32H57N7O15S2. The van der Waals surface area contributed by atoms with Crippen molar-refractivity contribution in [3.05, 3.63) is 0 Å². The molecule has 0 aromatic heterocycles. The third-order valence-corrected chi connectivity index (χ3v) is 9.85. The number of aliphatic hydroxyl groups is 8. The molecule has 0 aromatic rings. The molecule has 322 valence electrons. The number of rotatable bonds is 17. The molecule has 0 bridgehead atoms. The van der Waals surface area contributed by atoms with E-state index in [1.165, 1.54) is 13.8 Å². The Kier molecular flexibility index (Phi) is 19.6. The van der Waals surface area contributed by atoms with Crippen LogP contribution >= 0.6 is 24.4 Å². The molecule has 0 spiro atoms. The van der Waals surface area contributed by atoms with Crippen LogP contribution in [0.1, 0.15) is 46.5 Å². The molecule has 0 saturated carbocycles. The van der Waals surface area contributed by atoms with Crippen molar-refractivity contribution in [1.29, 1.82) is 0 Å². The fourth-order valence-electron chi connectivity index (χ4n) is 6.53. The molecule has 0 aliphatic carbocycles. The largest absolute Gasteiger partial charge is 0.394 e. The first kappa shape index (κ1) is 47.7. The van der Waals surface area contributed by atoms with Gasteiger partial charge >= 0.3 is 0 Å². The van der Waals surface area contributed by atoms with Crippen LogP contribution in [0.2, 0.25) is 0 Å². The highest BCUT2D eigenvalue weighted by atomic mass is 32.1. The third-order valence-electron chi connectivity index (χ3n) is 9.33. The van der Waals surface area contributed by atoms with E-state index in [2.05, 4.69) is 37.2 Å². The van der Waals surface area contributed by atoms with E-state index in [0.717, 1.165) is 26.2 Å². The average Bonchev–Trinajstić information content (AvgIpc) is 3.13. The van der Waals surface area contributed by atoms with E-state index in [-0.39, 0.29) is 10.2 Å². The Labute approximate surface area is 334 Å². The summed E-state index contributed by atoms with van der Waals surface area (Å²) in [6.45, 7) is 2.62. The van der Waals surface area contributed by atoms with Crippen molar-refractivity contribution in [2.24, 2.45) is 0 Å². The van der Waals surface area contributed by atoms with Gasteiger partial charge in [-0.3, -0.25) is 14.4 Å². The average molecular weight is 844 g/mol. The molecular weight excluding hydrogens is 787 g/mol. The quantitative estimate of drug-likeness (QED) is 0.0478. The molecule has 56 heavy (non-hydrogen) atoms. The maximum atomic E-state index is 12.1. The Morgan fingerprint density at radius 2 is 0.929 bits per heavy atom. The summed E-state index contributed by atoms with van der Waals surface area (Å²) in [5, 5.41) is 102. The molecule has 3 aliphatic rings. The molecule has 24 heteroatoms. The number of carbonyl (C=O) groups excluding carboxylic acids is 3. The van der Waals surface area contributed by atoms with E-state index in [9.17, 15) is 55.2 Å². The number of hydrogen-bond acceptors (Lipinski definition) is 17. The zero-order valence-corrected chi connectivity index (χ0v) is 32.9. The smallest absolute Gasteiger partial charge is 0.217 e. The van der Waals surface area contributed by atoms with Crippen molar-refractivity contribution >= 4 is 52.4 Å². The van der Waals surface area contributed by atoms with Gasteiger partial charge in [0.1, 0.15) is 73.1 Å². The normalized spacial score (nSPS) is 35.7. The van der Waals surface area contributed by atoms with Crippen LogP contribution in [0, 0.1) is 0 Å². The maximum absolute atomic E-state index is 12.1. The molecule has 3 aliphatic heterocycles. The third kappa shape index (κ3) is 13.4. The lowest BCUT2D eigenvalue weighted by Gasteiger charge is -2.48. The van der Waals surface area contributed by atoms with Gasteiger partial charge in [-0.25, -0.2) is 0 Å². The molecule has 0 radical (unpaired) electrons. The summed E-state index contributed by atoms with van der Waals surface area (Å²) in [4.78, 5) is 35.6. The molecule has 15 N–H and O–H groups in total. The summed E-state index contributed by atoms with van der Waals surface area (Å²) in [5.74, 6) is -1.59. The Balaban J connectivity index is 1.46. The lowest BCUT2D eigenvalue weighted by molar-refractivity contribution is -0.315. The van der Waals surface area contributed by atoms with Crippen molar-refractivity contribution < 1.29 is 74.2 Å². The fraction of sp³-hybridized carbons (Fsp3) is 0.844. The minimum absolute atomic E-state index is 0.125. The standard InChI is InChI=1S/C32H57N7O15S2/c1-13(43)35-19-24(48)22(46)16(10-40)51-28(19)38-31(55)33-8-6-4-5-7-9-34-32(56)39-29-20(36-14(2)44)26(50)27(18(12-42)52-29)54-30-21(37-15(3)45)25(49)23(47)17(11-41)53-30/h16-30,40-42,46-50H,4-12H2,1-3H3,(H,35,43)(H,36,44)(H,37,45)(H2,33,38,55)(H2,34,39,56)/t16-,17-,18-,19-,20-,21-,22-,23+,24-,25-,26-,27-,28-,29-,30+/m1/s1. The minimum Gasteiger partial charge on any atom is -0.394 e. The summed E-state index contributed by atoms with van der Waals surface area (Å²) < 4.78 is 23.1. The van der Waals surface area contributed by atoms with Gasteiger partial charge in [0.2, 0.25) is 17.7 Å². The lowest BCUT2D eigenvalue weighted by Crippen LogP contribution is -2.71. The lowest BCUT2D eigenvalue weighted by atomic mass is 9.94. The van der Waals surface area contributed by atoms with E-state index in [0.29, 0.717) is 19.5 Å². The number of thiocarbonyl (C=S) groups is 2. The monoisotopic (exact) mass is 843 g/mol. The van der Waals surface area contributed by atoms with Crippen LogP contribution in [0.15, 0.2) is 0 Å². The van der Waals surface area contributed by atoms with Crippen molar-refractivity contribution in [2.45, 2.75) is 138 Å². The molecule has 3 rings (SSSR count). The van der Waals surface area contributed by atoms with Crippen LogP contribution in [-0.2, 0) is 33.3 Å². The van der Waals surface area contributed by atoms with Crippen LogP contribution in [0.3, 0.4) is 0 Å². The Morgan fingerprint density at radius 3 is 1.38 bits per heavy atom. The van der Waals surface area contributed by atoms with Crippen molar-refractivity contribution in [3.63, 3.8) is 0 Å². The highest BCUT2D eigenvalue weighted by Gasteiger charge is 2.52. The number of unbranched alkanes of at least 4 members (excludes halogenated alkanes) is 3. The molecule has 0 unspecified atom stereocenters. The molecule has 3 amide bonds. The second kappa shape index (κ2) is 23.0. The Morgan fingerprint density at radius 1 is 0.536 bits per heavy atom. The van der Waals surface area contributed by atoms with Crippen LogP contribution in [0.5, 0.6) is 0 Å². The highest BCUT2D eigenvalue weighted by Crippen LogP contribution is 2.29. The van der Waals surface area contributed by atoms with Gasteiger partial charge in [-0.1, -0.05) is 12.8 Å². The Bertz CT molecular complexity index is 1310. The molecule has 3 fully saturated rings. The fourth-order valence-corrected chi connectivity index (χ4v) is 6.97. The van der Waals surface area contributed by atoms with Gasteiger partial charge in [-0.05, 0) is 37.3 Å². The summed E-state index contributed by atoms with van der Waals surface area (Å²) in [6, 6.07) is -3.55. The van der Waals surface area contributed by atoms with E-state index in [1.54, 1.807) is 0 Å². The zero-order valence-electron chi connectivity index (χ0n) is 31.3. The SMILES string of the molecule is CC(=O)N[C@@H]1[C@@H](O)[C@H](O[C@@H]2O[C@H](CO)[C@H](O)[C@H](O)[C@H]2NC(C)=O)[C@@H](CO)O[C@H]1NC(=S)NCCCCCCNC(=S)N[C@@H]1O[C@H](CO)[C@@H](O)[C@H](O)[C@H]1NC(C)=O. The second-order valence-corrected chi connectivity index (χ2v) is 14.5. The number of hydrogen-bond donors (Lipinski definition) is 15. The van der Waals surface area contributed by atoms with Gasteiger partial charge in [-0.15, -0.1) is 0 Å². The topological polar surface area (TPSA) is 334 Å². The predicted octanol–water partition coefficient (Wildman–Crippen LogP) is -6.67. The van der Waals surface area contributed by atoms with Gasteiger partial charge in [0.15, 0.2) is 29.0 Å². The van der Waals surface area contributed by atoms with E-state index in [1.807, 2.05) is 0 Å². The number of nitrogens with one attached hydrogen (secondary N) is 7. The number of aliphatic hydroxyl groups excluding tert-OH is 8. The summed E-state index contributed by atoms with van der Waals surface area (Å²) >= 11 is 10.7. The van der Waals surface area contributed by atoms with Crippen molar-refractivity contribution in [2.75, 3.05) is 32.9 Å². The molecule has 3 heterocycles. The first-order valence-corrected chi connectivity index (χ1v) is 19.1. The van der Waals surface area contributed by atoms with E-state index in [4.69, 9.17) is 43.4 Å². The van der Waals surface area contributed by atoms with Gasteiger partial charge in [-0.2, -0.15) is 0 Å². The molecule has 3 saturated heterocycles. The molecule has 0 aromatic carbocycles. The van der Waals surface area contributed by atoms with E-state index >= 15 is 0 Å². The maximum Gasteiger partial charge on any atom is 0.217 e. The summed E-state index contributed by atoms with van der Waals surface area (Å²) in [5.41, 5.74) is 0. The predicted molar refractivity (Wildman–Crippen MR) is 201 cm³/mol. The molecule has 22 nitrogen and oxygen atoms in total. The first-order chi connectivity index (χ1) is 26.5. The van der Waals surface area contributed by atoms with Crippen molar-refractivity contribution in [1.82, 2.24) is 37.2 Å². The zero-order chi connectivity index (χ0) is 41.7. The van der Waals surface area contributed by atoms with Crippen LogP contribution < -0.4 is 37.2 Å². The van der Waals surface area contributed by atoms with Crippen LogP contribution in [-0.4, -0.2) is 194 Å². The van der Waals surface area contributed by atoms with Gasteiger partial charge in [0.25, 0.3) is 0 Å². The summed E-state index contributed by atoms with van der Waals surface area (Å²) in [6.07, 6.45) is -13.3. The van der Waals surface area contributed by atoms with Gasteiger partial charge < -0.3 is 97.0 Å². The second-order valence-electron chi connectivity index (χ2n) is 13.7. The minimum atomic E-state index is -1.63. The number of carbonyl (C=O) groups is 3. The van der Waals surface area contributed by atoms with Crippen LogP contribution in [0.4, 0.5) is 0 Å². The highest BCUT2D eigenvalue weighted by molar-refractivity contribution is 7.80. The number of amides is 3. The Hall–Kier alpha value is -2.69. The van der Waals surface area contributed by atoms with Crippen molar-refractivity contribution in [3.8, 4) is 0 Å².